The maximum absolute atomic E-state index is 13.2. The van der Waals surface area contributed by atoms with Gasteiger partial charge < -0.3 is 31.3 Å². The van der Waals surface area contributed by atoms with Crippen LogP contribution < -0.4 is 26.6 Å². The fourth-order valence-corrected chi connectivity index (χ4v) is 7.01. The number of urea groups is 1. The van der Waals surface area contributed by atoms with Gasteiger partial charge in [0.15, 0.2) is 0 Å². The highest BCUT2D eigenvalue weighted by Gasteiger charge is 2.50. The van der Waals surface area contributed by atoms with E-state index in [1.54, 1.807) is 36.0 Å². The van der Waals surface area contributed by atoms with E-state index in [-0.39, 0.29) is 41.9 Å². The molecule has 51 heavy (non-hydrogen) atoms. The molecular formula is C39H45N7O5. The SMILES string of the molecule is Cn1nc(-c2ccc(NC(=O)c3ccccc3COCCNC(=O)CCCC[C@H]3CC[C@@]4(C)NC(=O)NC34)cc2)cc1NC(=O)c1ccccc1. The van der Waals surface area contributed by atoms with Crippen LogP contribution in [0.15, 0.2) is 84.9 Å². The number of benzene rings is 3. The minimum absolute atomic E-state index is 0.00481. The number of fused-ring (bicyclic) bond motifs is 1. The van der Waals surface area contributed by atoms with Crippen molar-refractivity contribution in [2.24, 2.45) is 13.0 Å². The molecule has 1 saturated carbocycles. The van der Waals surface area contributed by atoms with Crippen molar-refractivity contribution in [3.63, 3.8) is 0 Å². The summed E-state index contributed by atoms with van der Waals surface area (Å²) in [5, 5.41) is 19.4. The van der Waals surface area contributed by atoms with Gasteiger partial charge in [-0.25, -0.2) is 4.79 Å². The van der Waals surface area contributed by atoms with Crippen LogP contribution in [-0.2, 0) is 23.2 Å². The molecule has 1 unspecified atom stereocenters. The molecule has 12 nitrogen and oxygen atoms in total. The van der Waals surface area contributed by atoms with E-state index < -0.39 is 0 Å². The molecule has 1 aliphatic carbocycles. The monoisotopic (exact) mass is 691 g/mol. The van der Waals surface area contributed by atoms with E-state index in [1.165, 1.54) is 0 Å². The summed E-state index contributed by atoms with van der Waals surface area (Å²) in [4.78, 5) is 49.9. The lowest BCUT2D eigenvalue weighted by Crippen LogP contribution is -2.44. The average molecular weight is 692 g/mol. The van der Waals surface area contributed by atoms with Crippen molar-refractivity contribution in [1.29, 1.82) is 0 Å². The standard InChI is InChI=1S/C39H45N7O5/c1-39-21-20-27(35(39)43-38(50)44-39)10-7-9-15-34(47)40-22-23-51-25-29-13-6-8-14-31(29)37(49)41-30-18-16-26(17-19-30)32-24-33(46(2)45-32)42-36(48)28-11-4-3-5-12-28/h3-6,8,11-14,16-19,24,27,35H,7,9-10,15,20-23,25H2,1-2H3,(H,40,47)(H,41,49)(H,42,48)(H2,43,44,50)/t27-,35?,39+/m0/s1. The molecular weight excluding hydrogens is 646 g/mol. The van der Waals surface area contributed by atoms with Crippen molar-refractivity contribution >= 4 is 35.3 Å². The molecule has 1 aliphatic heterocycles. The minimum Gasteiger partial charge on any atom is -0.375 e. The number of carbonyl (C=O) groups is 4. The van der Waals surface area contributed by atoms with Crippen LogP contribution in [-0.4, -0.2) is 58.3 Å². The van der Waals surface area contributed by atoms with Crippen molar-refractivity contribution in [3.05, 3.63) is 102 Å². The summed E-state index contributed by atoms with van der Waals surface area (Å²) in [5.74, 6) is 0.537. The predicted octanol–water partition coefficient (Wildman–Crippen LogP) is 5.64. The second-order valence-corrected chi connectivity index (χ2v) is 13.5. The summed E-state index contributed by atoms with van der Waals surface area (Å²) < 4.78 is 7.43. The number of unbranched alkanes of at least 4 members (excludes halogenated alkanes) is 1. The first kappa shape index (κ1) is 35.3. The Morgan fingerprint density at radius 1 is 0.961 bits per heavy atom. The maximum atomic E-state index is 13.2. The van der Waals surface area contributed by atoms with E-state index in [1.807, 2.05) is 60.7 Å². The third-order valence-corrected chi connectivity index (χ3v) is 9.79. The molecule has 1 aromatic heterocycles. The van der Waals surface area contributed by atoms with Crippen LogP contribution >= 0.6 is 0 Å². The molecule has 2 aliphatic rings. The van der Waals surface area contributed by atoms with Gasteiger partial charge >= 0.3 is 6.03 Å². The van der Waals surface area contributed by atoms with Gasteiger partial charge in [-0.05, 0) is 74.4 Å². The first-order valence-electron chi connectivity index (χ1n) is 17.5. The predicted molar refractivity (Wildman–Crippen MR) is 195 cm³/mol. The third kappa shape index (κ3) is 8.82. The zero-order valence-corrected chi connectivity index (χ0v) is 29.0. The summed E-state index contributed by atoms with van der Waals surface area (Å²) in [6, 6.07) is 25.5. The van der Waals surface area contributed by atoms with E-state index in [2.05, 4.69) is 38.6 Å². The van der Waals surface area contributed by atoms with E-state index >= 15 is 0 Å². The van der Waals surface area contributed by atoms with Crippen LogP contribution in [0.1, 0.15) is 71.7 Å². The second kappa shape index (κ2) is 16.0. The Balaban J connectivity index is 0.909. The lowest BCUT2D eigenvalue weighted by Gasteiger charge is -2.25. The summed E-state index contributed by atoms with van der Waals surface area (Å²) in [6.45, 7) is 3.05. The van der Waals surface area contributed by atoms with Crippen molar-refractivity contribution < 1.29 is 23.9 Å². The number of nitrogens with one attached hydrogen (secondary N) is 5. The van der Waals surface area contributed by atoms with Crippen LogP contribution in [0, 0.1) is 5.92 Å². The summed E-state index contributed by atoms with van der Waals surface area (Å²) in [5.41, 5.74) is 3.80. The molecule has 266 valence electrons. The highest BCUT2D eigenvalue weighted by molar-refractivity contribution is 6.05. The number of amides is 5. The van der Waals surface area contributed by atoms with E-state index in [4.69, 9.17) is 4.74 Å². The van der Waals surface area contributed by atoms with Crippen LogP contribution in [0.5, 0.6) is 0 Å². The Hall–Kier alpha value is -5.49. The molecule has 2 heterocycles. The van der Waals surface area contributed by atoms with Gasteiger partial charge in [-0.15, -0.1) is 0 Å². The molecule has 3 atom stereocenters. The smallest absolute Gasteiger partial charge is 0.315 e. The fourth-order valence-electron chi connectivity index (χ4n) is 7.01. The van der Waals surface area contributed by atoms with Crippen molar-refractivity contribution in [3.8, 4) is 11.3 Å². The van der Waals surface area contributed by atoms with Crippen molar-refractivity contribution in [1.82, 2.24) is 25.7 Å². The summed E-state index contributed by atoms with van der Waals surface area (Å²) in [7, 11) is 1.77. The number of carbonyl (C=O) groups excluding carboxylic acids is 4. The Bertz CT molecular complexity index is 1860. The highest BCUT2D eigenvalue weighted by Crippen LogP contribution is 2.39. The first-order chi connectivity index (χ1) is 24.7. The lowest BCUT2D eigenvalue weighted by atomic mass is 9.90. The van der Waals surface area contributed by atoms with E-state index in [0.29, 0.717) is 53.8 Å². The molecule has 0 radical (unpaired) electrons. The van der Waals surface area contributed by atoms with Gasteiger partial charge in [-0.3, -0.25) is 19.1 Å². The van der Waals surface area contributed by atoms with Gasteiger partial charge in [0, 0.05) is 48.5 Å². The molecule has 12 heteroatoms. The topological polar surface area (TPSA) is 155 Å². The van der Waals surface area contributed by atoms with Crippen molar-refractivity contribution in [2.75, 3.05) is 23.8 Å². The van der Waals surface area contributed by atoms with Gasteiger partial charge in [0.25, 0.3) is 11.8 Å². The minimum atomic E-state index is -0.257. The van der Waals surface area contributed by atoms with Crippen molar-refractivity contribution in [2.45, 2.75) is 63.6 Å². The second-order valence-electron chi connectivity index (χ2n) is 13.5. The molecule has 0 spiro atoms. The highest BCUT2D eigenvalue weighted by atomic mass is 16.5. The number of rotatable bonds is 15. The average Bonchev–Trinajstić information content (AvgIpc) is 3.75. The zero-order chi connectivity index (χ0) is 35.8. The number of hydrogen-bond acceptors (Lipinski definition) is 6. The van der Waals surface area contributed by atoms with Gasteiger partial charge in [0.2, 0.25) is 5.91 Å². The molecule has 0 bridgehead atoms. The Morgan fingerprint density at radius 3 is 2.53 bits per heavy atom. The molecule has 2 fully saturated rings. The Morgan fingerprint density at radius 2 is 1.73 bits per heavy atom. The van der Waals surface area contributed by atoms with Gasteiger partial charge in [0.05, 0.1) is 30.5 Å². The number of ether oxygens (including phenoxy) is 1. The fraction of sp³-hybridized carbons (Fsp3) is 0.359. The number of aryl methyl sites for hydroxylation is 1. The number of hydrogen-bond donors (Lipinski definition) is 5. The van der Waals surface area contributed by atoms with Gasteiger partial charge in [-0.1, -0.05) is 55.0 Å². The third-order valence-electron chi connectivity index (χ3n) is 9.79. The molecule has 5 amide bonds. The molecule has 3 aromatic carbocycles. The van der Waals surface area contributed by atoms with Gasteiger partial charge in [-0.2, -0.15) is 5.10 Å². The molecule has 6 rings (SSSR count). The summed E-state index contributed by atoms with van der Waals surface area (Å²) >= 11 is 0. The van der Waals surface area contributed by atoms with Crippen LogP contribution in [0.3, 0.4) is 0 Å². The van der Waals surface area contributed by atoms with Crippen LogP contribution in [0.25, 0.3) is 11.3 Å². The molecule has 5 N–H and O–H groups in total. The molecule has 1 saturated heterocycles. The van der Waals surface area contributed by atoms with Gasteiger partial charge in [0.1, 0.15) is 5.82 Å². The van der Waals surface area contributed by atoms with Crippen LogP contribution in [0.2, 0.25) is 0 Å². The Kier molecular flexibility index (Phi) is 11.1. The van der Waals surface area contributed by atoms with E-state index in [9.17, 15) is 19.2 Å². The number of nitrogens with zero attached hydrogens (tertiary/aromatic N) is 2. The maximum Gasteiger partial charge on any atom is 0.315 e. The zero-order valence-electron chi connectivity index (χ0n) is 29.0. The quantitative estimate of drug-likeness (QED) is 0.102. The van der Waals surface area contributed by atoms with Crippen LogP contribution in [0.4, 0.5) is 16.3 Å². The number of anilines is 2. The summed E-state index contributed by atoms with van der Waals surface area (Å²) in [6.07, 6.45) is 5.28. The normalized spacial score (nSPS) is 19.1. The number of aromatic nitrogens is 2. The Labute approximate surface area is 297 Å². The first-order valence-corrected chi connectivity index (χ1v) is 17.5. The molecule has 4 aromatic rings. The van der Waals surface area contributed by atoms with E-state index in [0.717, 1.165) is 43.2 Å². The largest absolute Gasteiger partial charge is 0.375 e. The lowest BCUT2D eigenvalue weighted by molar-refractivity contribution is -0.121.